The number of carbonyl (C=O) groups excluding carboxylic acids is 1. The SMILES string of the molecule is CC1(CN)CCCN1C(=O)c1cc(Br)ccc1F. The molecule has 0 saturated carbocycles. The Labute approximate surface area is 114 Å². The first-order valence-electron chi connectivity index (χ1n) is 5.95. The van der Waals surface area contributed by atoms with Gasteiger partial charge in [0.2, 0.25) is 0 Å². The van der Waals surface area contributed by atoms with E-state index in [-0.39, 0.29) is 17.0 Å². The molecule has 18 heavy (non-hydrogen) atoms. The Hall–Kier alpha value is -0.940. The lowest BCUT2D eigenvalue weighted by Gasteiger charge is -2.34. The number of amides is 1. The Kier molecular flexibility index (Phi) is 3.73. The molecule has 5 heteroatoms. The van der Waals surface area contributed by atoms with Crippen molar-refractivity contribution in [3.8, 4) is 0 Å². The average molecular weight is 315 g/mol. The van der Waals surface area contributed by atoms with Crippen molar-refractivity contribution in [2.24, 2.45) is 5.73 Å². The fourth-order valence-corrected chi connectivity index (χ4v) is 2.75. The molecule has 1 fully saturated rings. The minimum Gasteiger partial charge on any atom is -0.332 e. The minimum absolute atomic E-state index is 0.103. The van der Waals surface area contributed by atoms with Crippen molar-refractivity contribution in [3.63, 3.8) is 0 Å². The summed E-state index contributed by atoms with van der Waals surface area (Å²) in [4.78, 5) is 14.1. The van der Waals surface area contributed by atoms with Crippen molar-refractivity contribution in [1.82, 2.24) is 4.90 Å². The maximum atomic E-state index is 13.7. The molecule has 0 aromatic heterocycles. The number of nitrogens with zero attached hydrogens (tertiary/aromatic N) is 1. The van der Waals surface area contributed by atoms with Crippen LogP contribution in [0.1, 0.15) is 30.1 Å². The lowest BCUT2D eigenvalue weighted by atomic mass is 9.98. The predicted molar refractivity (Wildman–Crippen MR) is 71.8 cm³/mol. The molecule has 98 valence electrons. The summed E-state index contributed by atoms with van der Waals surface area (Å²) in [5.74, 6) is -0.770. The normalized spacial score (nSPS) is 23.4. The highest BCUT2D eigenvalue weighted by Crippen LogP contribution is 2.30. The van der Waals surface area contributed by atoms with Gasteiger partial charge in [-0.2, -0.15) is 0 Å². The summed E-state index contributed by atoms with van der Waals surface area (Å²) >= 11 is 3.26. The van der Waals surface area contributed by atoms with Crippen LogP contribution in [0.25, 0.3) is 0 Å². The van der Waals surface area contributed by atoms with Gasteiger partial charge in [0.1, 0.15) is 5.82 Å². The highest BCUT2D eigenvalue weighted by molar-refractivity contribution is 9.10. The van der Waals surface area contributed by atoms with E-state index in [1.165, 1.54) is 12.1 Å². The quantitative estimate of drug-likeness (QED) is 0.912. The summed E-state index contributed by atoms with van der Waals surface area (Å²) in [6.45, 7) is 2.99. The van der Waals surface area contributed by atoms with Gasteiger partial charge < -0.3 is 10.6 Å². The molecule has 1 aromatic rings. The third-order valence-electron chi connectivity index (χ3n) is 3.59. The number of hydrogen-bond acceptors (Lipinski definition) is 2. The molecule has 0 spiro atoms. The van der Waals surface area contributed by atoms with E-state index in [2.05, 4.69) is 15.9 Å². The maximum Gasteiger partial charge on any atom is 0.257 e. The number of carbonyl (C=O) groups is 1. The summed E-state index contributed by atoms with van der Waals surface area (Å²) in [5, 5.41) is 0. The van der Waals surface area contributed by atoms with E-state index in [1.54, 1.807) is 11.0 Å². The van der Waals surface area contributed by atoms with Crippen LogP contribution in [0, 0.1) is 5.82 Å². The zero-order valence-electron chi connectivity index (χ0n) is 10.2. The summed E-state index contributed by atoms with van der Waals surface area (Å²) < 4.78 is 14.4. The average Bonchev–Trinajstić information content (AvgIpc) is 2.74. The molecule has 1 saturated heterocycles. The molecular weight excluding hydrogens is 299 g/mol. The van der Waals surface area contributed by atoms with Crippen LogP contribution in [-0.2, 0) is 0 Å². The van der Waals surface area contributed by atoms with Crippen LogP contribution in [0.3, 0.4) is 0 Å². The first kappa shape index (κ1) is 13.5. The Morgan fingerprint density at radius 2 is 2.33 bits per heavy atom. The van der Waals surface area contributed by atoms with Crippen LogP contribution in [0.2, 0.25) is 0 Å². The molecule has 1 aromatic carbocycles. The molecule has 3 nitrogen and oxygen atoms in total. The van der Waals surface area contributed by atoms with Crippen LogP contribution < -0.4 is 5.73 Å². The number of halogens is 2. The van der Waals surface area contributed by atoms with Gasteiger partial charge in [0, 0.05) is 17.6 Å². The van der Waals surface area contributed by atoms with E-state index in [4.69, 9.17) is 5.73 Å². The lowest BCUT2D eigenvalue weighted by Crippen LogP contribution is -2.50. The van der Waals surface area contributed by atoms with E-state index in [0.29, 0.717) is 17.6 Å². The van der Waals surface area contributed by atoms with Gasteiger partial charge in [0.25, 0.3) is 5.91 Å². The van der Waals surface area contributed by atoms with Crippen LogP contribution in [0.4, 0.5) is 4.39 Å². The molecule has 1 aliphatic heterocycles. The van der Waals surface area contributed by atoms with Gasteiger partial charge in [-0.3, -0.25) is 4.79 Å². The van der Waals surface area contributed by atoms with Gasteiger partial charge in [0.15, 0.2) is 0 Å². The lowest BCUT2D eigenvalue weighted by molar-refractivity contribution is 0.0632. The van der Waals surface area contributed by atoms with E-state index >= 15 is 0 Å². The molecule has 2 rings (SSSR count). The fourth-order valence-electron chi connectivity index (χ4n) is 2.39. The van der Waals surface area contributed by atoms with Crippen molar-refractivity contribution in [2.75, 3.05) is 13.1 Å². The van der Waals surface area contributed by atoms with Gasteiger partial charge in [-0.1, -0.05) is 15.9 Å². The summed E-state index contributed by atoms with van der Waals surface area (Å²) in [6.07, 6.45) is 1.78. The van der Waals surface area contributed by atoms with Crippen LogP contribution in [-0.4, -0.2) is 29.4 Å². The highest BCUT2D eigenvalue weighted by atomic mass is 79.9. The Morgan fingerprint density at radius 1 is 1.61 bits per heavy atom. The fraction of sp³-hybridized carbons (Fsp3) is 0.462. The molecule has 1 amide bonds. The molecule has 1 unspecified atom stereocenters. The second-order valence-electron chi connectivity index (χ2n) is 4.89. The largest absolute Gasteiger partial charge is 0.332 e. The summed E-state index contributed by atoms with van der Waals surface area (Å²) in [6, 6.07) is 4.40. The van der Waals surface area contributed by atoms with Crippen molar-refractivity contribution in [3.05, 3.63) is 34.1 Å². The van der Waals surface area contributed by atoms with Gasteiger partial charge in [0.05, 0.1) is 11.1 Å². The molecule has 1 atom stereocenters. The Bertz CT molecular complexity index is 480. The third-order valence-corrected chi connectivity index (χ3v) is 4.09. The first-order valence-corrected chi connectivity index (χ1v) is 6.74. The molecular formula is C13H16BrFN2O. The zero-order chi connectivity index (χ0) is 13.3. The molecule has 1 aliphatic rings. The molecule has 1 heterocycles. The van der Waals surface area contributed by atoms with Crippen LogP contribution in [0.5, 0.6) is 0 Å². The van der Waals surface area contributed by atoms with Crippen molar-refractivity contribution < 1.29 is 9.18 Å². The number of hydrogen-bond donors (Lipinski definition) is 1. The topological polar surface area (TPSA) is 46.3 Å². The molecule has 0 radical (unpaired) electrons. The highest BCUT2D eigenvalue weighted by Gasteiger charge is 2.39. The Morgan fingerprint density at radius 3 is 3.00 bits per heavy atom. The van der Waals surface area contributed by atoms with Crippen LogP contribution >= 0.6 is 15.9 Å². The van der Waals surface area contributed by atoms with E-state index in [0.717, 1.165) is 12.8 Å². The van der Waals surface area contributed by atoms with Crippen LogP contribution in [0.15, 0.2) is 22.7 Å². The maximum absolute atomic E-state index is 13.7. The Balaban J connectivity index is 2.34. The minimum atomic E-state index is -0.491. The smallest absolute Gasteiger partial charge is 0.257 e. The molecule has 0 bridgehead atoms. The number of likely N-dealkylation sites (tertiary alicyclic amines) is 1. The first-order chi connectivity index (χ1) is 8.48. The second kappa shape index (κ2) is 4.97. The standard InChI is InChI=1S/C13H16BrFN2O/c1-13(8-16)5-2-6-17(13)12(18)10-7-9(14)3-4-11(10)15/h3-4,7H,2,5-6,8,16H2,1H3. The van der Waals surface area contributed by atoms with Crippen molar-refractivity contribution >= 4 is 21.8 Å². The van der Waals surface area contributed by atoms with Crippen molar-refractivity contribution in [1.29, 1.82) is 0 Å². The third kappa shape index (κ3) is 2.29. The van der Waals surface area contributed by atoms with Gasteiger partial charge in [-0.05, 0) is 38.0 Å². The van der Waals surface area contributed by atoms with Gasteiger partial charge in [-0.15, -0.1) is 0 Å². The molecule has 2 N–H and O–H groups in total. The van der Waals surface area contributed by atoms with E-state index in [1.807, 2.05) is 6.92 Å². The van der Waals surface area contributed by atoms with E-state index < -0.39 is 5.82 Å². The second-order valence-corrected chi connectivity index (χ2v) is 5.80. The number of nitrogens with two attached hydrogens (primary N) is 1. The number of benzene rings is 1. The summed E-state index contributed by atoms with van der Waals surface area (Å²) in [7, 11) is 0. The zero-order valence-corrected chi connectivity index (χ0v) is 11.8. The molecule has 0 aliphatic carbocycles. The summed E-state index contributed by atoms with van der Waals surface area (Å²) in [5.41, 5.74) is 5.49. The predicted octanol–water partition coefficient (Wildman–Crippen LogP) is 2.54. The van der Waals surface area contributed by atoms with Gasteiger partial charge >= 0.3 is 0 Å². The van der Waals surface area contributed by atoms with Crippen molar-refractivity contribution in [2.45, 2.75) is 25.3 Å². The van der Waals surface area contributed by atoms with E-state index in [9.17, 15) is 9.18 Å². The van der Waals surface area contributed by atoms with Gasteiger partial charge in [-0.25, -0.2) is 4.39 Å². The monoisotopic (exact) mass is 314 g/mol. The number of rotatable bonds is 2.